The van der Waals surface area contributed by atoms with Crippen LogP contribution < -0.4 is 5.62 Å². The molecule has 1 heterocycles. The Morgan fingerprint density at radius 1 is 0.968 bits per heavy atom. The van der Waals surface area contributed by atoms with Crippen LogP contribution in [0, 0.1) is 11.3 Å². The zero-order valence-corrected chi connectivity index (χ0v) is 20.7. The summed E-state index contributed by atoms with van der Waals surface area (Å²) in [6, 6.07) is 3.64. The fraction of sp³-hybridized carbons (Fsp3) is 0.615. The number of carbonyl (C=O) groups excluding carboxylic acids is 1. The van der Waals surface area contributed by atoms with Crippen LogP contribution in [0.3, 0.4) is 0 Å². The van der Waals surface area contributed by atoms with Crippen LogP contribution in [0.1, 0.15) is 96.1 Å². The summed E-state index contributed by atoms with van der Waals surface area (Å²) in [5.74, 6) is 0.894. The van der Waals surface area contributed by atoms with Gasteiger partial charge in [-0.05, 0) is 35.3 Å². The van der Waals surface area contributed by atoms with Gasteiger partial charge in [0, 0.05) is 35.6 Å². The molecule has 0 aliphatic carbocycles. The number of hydrogen-bond acceptors (Lipinski definition) is 3. The van der Waals surface area contributed by atoms with Gasteiger partial charge in [0.2, 0.25) is 5.62 Å². The number of aromatic nitrogens is 2. The SMILES string of the molecule is CCC(CC)CCn1ccn(CC(=O)c2cc(C(C)(C)C)c(O)c(C(C)(C)C)c2)c1=N. The van der Waals surface area contributed by atoms with Crippen LogP contribution in [0.4, 0.5) is 0 Å². The zero-order chi connectivity index (χ0) is 23.6. The lowest BCUT2D eigenvalue weighted by Crippen LogP contribution is -2.28. The topological polar surface area (TPSA) is 71.0 Å². The van der Waals surface area contributed by atoms with Gasteiger partial charge in [-0.1, -0.05) is 68.2 Å². The molecule has 0 atom stereocenters. The number of aromatic hydroxyl groups is 1. The molecule has 31 heavy (non-hydrogen) atoms. The van der Waals surface area contributed by atoms with Crippen molar-refractivity contribution in [3.8, 4) is 5.75 Å². The minimum absolute atomic E-state index is 0.0488. The summed E-state index contributed by atoms with van der Waals surface area (Å²) in [5, 5.41) is 19.4. The molecule has 0 amide bonds. The number of phenolic OH excluding ortho intramolecular Hbond substituents is 1. The number of phenols is 1. The van der Waals surface area contributed by atoms with Crippen molar-refractivity contribution in [3.63, 3.8) is 0 Å². The Labute approximate surface area is 187 Å². The normalized spacial score (nSPS) is 12.5. The molecule has 0 unspecified atom stereocenters. The van der Waals surface area contributed by atoms with Gasteiger partial charge in [-0.2, -0.15) is 0 Å². The fourth-order valence-corrected chi connectivity index (χ4v) is 3.98. The number of hydrogen-bond donors (Lipinski definition) is 2. The van der Waals surface area contributed by atoms with Crippen LogP contribution in [0.15, 0.2) is 24.5 Å². The average molecular weight is 428 g/mol. The van der Waals surface area contributed by atoms with E-state index in [1.54, 1.807) is 4.57 Å². The van der Waals surface area contributed by atoms with E-state index in [0.717, 1.165) is 36.9 Å². The van der Waals surface area contributed by atoms with Crippen molar-refractivity contribution in [2.24, 2.45) is 5.92 Å². The standard InChI is InChI=1S/C26H41N3O2/c1-9-18(10-2)11-12-28-13-14-29(24(28)27)17-22(30)19-15-20(25(3,4)5)23(31)21(16-19)26(6,7)8/h13-16,18,27,31H,9-12,17H2,1-8H3. The number of benzene rings is 1. The van der Waals surface area contributed by atoms with Gasteiger partial charge in [-0.25, -0.2) is 0 Å². The van der Waals surface area contributed by atoms with E-state index in [4.69, 9.17) is 5.41 Å². The number of aryl methyl sites for hydroxylation is 1. The Hall–Kier alpha value is -2.30. The van der Waals surface area contributed by atoms with Crippen LogP contribution in [-0.4, -0.2) is 20.0 Å². The van der Waals surface area contributed by atoms with Gasteiger partial charge in [-0.15, -0.1) is 0 Å². The van der Waals surface area contributed by atoms with Crippen molar-refractivity contribution in [1.82, 2.24) is 9.13 Å². The van der Waals surface area contributed by atoms with Crippen LogP contribution in [0.2, 0.25) is 0 Å². The highest BCUT2D eigenvalue weighted by Crippen LogP contribution is 2.39. The highest BCUT2D eigenvalue weighted by molar-refractivity contribution is 5.96. The molecular formula is C26H41N3O2. The first kappa shape index (κ1) is 25.0. The first-order valence-electron chi connectivity index (χ1n) is 11.5. The van der Waals surface area contributed by atoms with Gasteiger partial charge in [0.25, 0.3) is 0 Å². The lowest BCUT2D eigenvalue weighted by atomic mass is 9.78. The molecule has 0 radical (unpaired) electrons. The molecular weight excluding hydrogens is 386 g/mol. The summed E-state index contributed by atoms with van der Waals surface area (Å²) in [6.45, 7) is 17.6. The number of Topliss-reactive ketones (excluding diaryl/α,β-unsaturated/α-hetero) is 1. The molecule has 0 saturated carbocycles. The molecule has 5 nitrogen and oxygen atoms in total. The van der Waals surface area contributed by atoms with E-state index in [0.29, 0.717) is 17.1 Å². The van der Waals surface area contributed by atoms with Crippen molar-refractivity contribution in [3.05, 3.63) is 46.8 Å². The molecule has 1 aromatic heterocycles. The van der Waals surface area contributed by atoms with E-state index in [2.05, 4.69) is 13.8 Å². The van der Waals surface area contributed by atoms with E-state index in [1.165, 1.54) is 0 Å². The van der Waals surface area contributed by atoms with E-state index >= 15 is 0 Å². The third kappa shape index (κ3) is 5.90. The van der Waals surface area contributed by atoms with Crippen LogP contribution >= 0.6 is 0 Å². The van der Waals surface area contributed by atoms with Gasteiger partial charge in [0.05, 0.1) is 6.54 Å². The lowest BCUT2D eigenvalue weighted by Gasteiger charge is -2.28. The summed E-state index contributed by atoms with van der Waals surface area (Å²) in [5.41, 5.74) is 1.93. The van der Waals surface area contributed by atoms with Gasteiger partial charge < -0.3 is 14.2 Å². The molecule has 2 aromatic rings. The Kier molecular flexibility index (Phi) is 7.61. The highest BCUT2D eigenvalue weighted by atomic mass is 16.3. The van der Waals surface area contributed by atoms with Crippen LogP contribution in [0.25, 0.3) is 0 Å². The Morgan fingerprint density at radius 2 is 1.45 bits per heavy atom. The maximum absolute atomic E-state index is 13.2. The molecule has 1 aromatic carbocycles. The predicted molar refractivity (Wildman–Crippen MR) is 127 cm³/mol. The second-order valence-electron chi connectivity index (χ2n) is 10.8. The lowest BCUT2D eigenvalue weighted by molar-refractivity contribution is 0.0969. The van der Waals surface area contributed by atoms with Gasteiger partial charge in [0.15, 0.2) is 5.78 Å². The summed E-state index contributed by atoms with van der Waals surface area (Å²) < 4.78 is 3.62. The first-order valence-corrected chi connectivity index (χ1v) is 11.5. The van der Waals surface area contributed by atoms with Gasteiger partial charge >= 0.3 is 0 Å². The van der Waals surface area contributed by atoms with Crippen molar-refractivity contribution in [2.45, 2.75) is 98.6 Å². The van der Waals surface area contributed by atoms with Crippen molar-refractivity contribution >= 4 is 5.78 Å². The quantitative estimate of drug-likeness (QED) is 0.524. The molecule has 2 rings (SSSR count). The summed E-state index contributed by atoms with van der Waals surface area (Å²) in [6.07, 6.45) is 7.07. The highest BCUT2D eigenvalue weighted by Gasteiger charge is 2.27. The smallest absolute Gasteiger partial charge is 0.202 e. The molecule has 0 spiro atoms. The number of carbonyl (C=O) groups is 1. The fourth-order valence-electron chi connectivity index (χ4n) is 3.98. The molecule has 2 N–H and O–H groups in total. The summed E-state index contributed by atoms with van der Waals surface area (Å²) in [4.78, 5) is 13.2. The van der Waals surface area contributed by atoms with Crippen LogP contribution in [-0.2, 0) is 23.9 Å². The second kappa shape index (κ2) is 9.46. The van der Waals surface area contributed by atoms with Crippen molar-refractivity contribution in [1.29, 1.82) is 5.41 Å². The maximum atomic E-state index is 13.2. The van der Waals surface area contributed by atoms with Crippen LogP contribution in [0.5, 0.6) is 5.75 Å². The Morgan fingerprint density at radius 3 is 1.90 bits per heavy atom. The van der Waals surface area contributed by atoms with E-state index < -0.39 is 0 Å². The molecule has 5 heteroatoms. The maximum Gasteiger partial charge on any atom is 0.202 e. The largest absolute Gasteiger partial charge is 0.507 e. The zero-order valence-electron chi connectivity index (χ0n) is 20.7. The van der Waals surface area contributed by atoms with E-state index in [-0.39, 0.29) is 28.9 Å². The molecule has 172 valence electrons. The van der Waals surface area contributed by atoms with Crippen molar-refractivity contribution in [2.75, 3.05) is 0 Å². The molecule has 0 aliphatic heterocycles. The predicted octanol–water partition coefficient (Wildman–Crippen LogP) is 5.78. The van der Waals surface area contributed by atoms with Gasteiger partial charge in [0.1, 0.15) is 5.75 Å². The van der Waals surface area contributed by atoms with Gasteiger partial charge in [-0.3, -0.25) is 10.2 Å². The number of ketones is 1. The van der Waals surface area contributed by atoms with Crippen molar-refractivity contribution < 1.29 is 9.90 Å². The second-order valence-corrected chi connectivity index (χ2v) is 10.8. The number of rotatable bonds is 8. The molecule has 0 aliphatic rings. The number of nitrogens with zero attached hydrogens (tertiary/aromatic N) is 2. The number of nitrogens with one attached hydrogen (secondary N) is 1. The number of imidazole rings is 1. The molecule has 0 fully saturated rings. The molecule has 0 saturated heterocycles. The Balaban J connectivity index is 2.33. The summed E-state index contributed by atoms with van der Waals surface area (Å²) in [7, 11) is 0. The third-order valence-electron chi connectivity index (χ3n) is 6.27. The molecule has 0 bridgehead atoms. The first-order chi connectivity index (χ1) is 14.3. The average Bonchev–Trinajstić information content (AvgIpc) is 3.00. The minimum Gasteiger partial charge on any atom is -0.507 e. The van der Waals surface area contributed by atoms with E-state index in [9.17, 15) is 9.90 Å². The monoisotopic (exact) mass is 427 g/mol. The minimum atomic E-state index is -0.285. The summed E-state index contributed by atoms with van der Waals surface area (Å²) >= 11 is 0. The van der Waals surface area contributed by atoms with E-state index in [1.807, 2.05) is 70.6 Å². The third-order valence-corrected chi connectivity index (χ3v) is 6.27. The Bertz CT molecular complexity index is 929.